The predicted molar refractivity (Wildman–Crippen MR) is 68.2 cm³/mol. The first kappa shape index (κ1) is 13.1. The summed E-state index contributed by atoms with van der Waals surface area (Å²) in [4.78, 5) is 10.9. The van der Waals surface area contributed by atoms with E-state index in [-0.39, 0.29) is 0 Å². The van der Waals surface area contributed by atoms with E-state index in [4.69, 9.17) is 5.11 Å². The van der Waals surface area contributed by atoms with Crippen LogP contribution in [0.4, 0.5) is 0 Å². The number of hydrogen-bond donors (Lipinski definition) is 1. The molecule has 0 bridgehead atoms. The van der Waals surface area contributed by atoms with Crippen LogP contribution in [0.5, 0.6) is 0 Å². The molecular formula is C13H16O4S. The van der Waals surface area contributed by atoms with E-state index >= 15 is 0 Å². The Hall–Kier alpha value is -1.36. The molecule has 98 valence electrons. The molecule has 1 saturated carbocycles. The maximum atomic E-state index is 11.7. The van der Waals surface area contributed by atoms with Crippen molar-refractivity contribution in [3.8, 4) is 0 Å². The highest BCUT2D eigenvalue weighted by molar-refractivity contribution is 7.92. The lowest BCUT2D eigenvalue weighted by molar-refractivity contribution is -0.138. The molecule has 0 amide bonds. The van der Waals surface area contributed by atoms with Crippen molar-refractivity contribution in [2.24, 2.45) is 0 Å². The Kier molecular flexibility index (Phi) is 2.97. The quantitative estimate of drug-likeness (QED) is 0.905. The Labute approximate surface area is 107 Å². The molecule has 1 N–H and O–H groups in total. The molecule has 1 aromatic carbocycles. The lowest BCUT2D eigenvalue weighted by Crippen LogP contribution is -2.19. The van der Waals surface area contributed by atoms with Crippen molar-refractivity contribution in [3.63, 3.8) is 0 Å². The average Bonchev–Trinajstić information content (AvgIpc) is 3.08. The second-order valence-corrected chi connectivity index (χ2v) is 7.27. The summed E-state index contributed by atoms with van der Waals surface area (Å²) in [7, 11) is -3.11. The van der Waals surface area contributed by atoms with E-state index in [1.165, 1.54) is 6.26 Å². The van der Waals surface area contributed by atoms with Crippen molar-refractivity contribution in [2.45, 2.75) is 30.4 Å². The zero-order chi connectivity index (χ0) is 13.6. The van der Waals surface area contributed by atoms with Crippen LogP contribution in [0.15, 0.2) is 24.3 Å². The standard InChI is InChI=1S/C13H16O4S/c1-9(12(14)15)10-3-5-11(6-4-10)13(7-8-13)18(2,16)17/h3-6,9H,7-8H2,1-2H3,(H,14,15). The molecule has 0 aromatic heterocycles. The highest BCUT2D eigenvalue weighted by Gasteiger charge is 2.53. The fourth-order valence-corrected chi connectivity index (χ4v) is 3.61. The van der Waals surface area contributed by atoms with E-state index in [1.54, 1.807) is 31.2 Å². The van der Waals surface area contributed by atoms with Crippen LogP contribution in [0.1, 0.15) is 36.8 Å². The van der Waals surface area contributed by atoms with Gasteiger partial charge < -0.3 is 5.11 Å². The number of carboxylic acid groups (broad SMARTS) is 1. The van der Waals surface area contributed by atoms with E-state index in [9.17, 15) is 13.2 Å². The van der Waals surface area contributed by atoms with Gasteiger partial charge in [0.25, 0.3) is 0 Å². The SMILES string of the molecule is CC(C(=O)O)c1ccc(C2(S(C)(=O)=O)CC2)cc1. The highest BCUT2D eigenvalue weighted by atomic mass is 32.2. The largest absolute Gasteiger partial charge is 0.481 e. The lowest BCUT2D eigenvalue weighted by atomic mass is 9.99. The monoisotopic (exact) mass is 268 g/mol. The zero-order valence-corrected chi connectivity index (χ0v) is 11.2. The summed E-state index contributed by atoms with van der Waals surface area (Å²) in [6.07, 6.45) is 2.56. The molecule has 0 aliphatic heterocycles. The van der Waals surface area contributed by atoms with Gasteiger partial charge in [-0.2, -0.15) is 0 Å². The van der Waals surface area contributed by atoms with Crippen LogP contribution in [-0.2, 0) is 19.4 Å². The highest BCUT2D eigenvalue weighted by Crippen LogP contribution is 2.52. The van der Waals surface area contributed by atoms with Crippen LogP contribution in [0.3, 0.4) is 0 Å². The summed E-state index contributed by atoms with van der Waals surface area (Å²) in [5, 5.41) is 8.91. The predicted octanol–water partition coefficient (Wildman–Crippen LogP) is 1.91. The van der Waals surface area contributed by atoms with Crippen molar-refractivity contribution in [3.05, 3.63) is 35.4 Å². The van der Waals surface area contributed by atoms with Crippen LogP contribution >= 0.6 is 0 Å². The van der Waals surface area contributed by atoms with Crippen LogP contribution in [-0.4, -0.2) is 25.7 Å². The minimum atomic E-state index is -3.11. The van der Waals surface area contributed by atoms with Gasteiger partial charge in [0.2, 0.25) is 0 Å². The van der Waals surface area contributed by atoms with Gasteiger partial charge in [-0.05, 0) is 30.9 Å². The van der Waals surface area contributed by atoms with Crippen LogP contribution in [0.2, 0.25) is 0 Å². The number of benzene rings is 1. The second kappa shape index (κ2) is 4.09. The zero-order valence-electron chi connectivity index (χ0n) is 10.4. The lowest BCUT2D eigenvalue weighted by Gasteiger charge is -2.15. The molecule has 1 atom stereocenters. The Bertz CT molecular complexity index is 568. The fraction of sp³-hybridized carbons (Fsp3) is 0.462. The van der Waals surface area contributed by atoms with Crippen molar-refractivity contribution in [1.82, 2.24) is 0 Å². The van der Waals surface area contributed by atoms with E-state index in [1.807, 2.05) is 0 Å². The summed E-state index contributed by atoms with van der Waals surface area (Å²) in [6, 6.07) is 6.89. The van der Waals surface area contributed by atoms with Gasteiger partial charge in [-0.1, -0.05) is 24.3 Å². The minimum Gasteiger partial charge on any atom is -0.481 e. The number of sulfone groups is 1. The first-order valence-electron chi connectivity index (χ1n) is 5.81. The first-order chi connectivity index (χ1) is 8.28. The summed E-state index contributed by atoms with van der Waals surface area (Å²) >= 11 is 0. The van der Waals surface area contributed by atoms with Gasteiger partial charge in [0.05, 0.1) is 10.7 Å². The Morgan fingerprint density at radius 2 is 1.78 bits per heavy atom. The molecule has 1 aromatic rings. The molecular weight excluding hydrogens is 252 g/mol. The summed E-state index contributed by atoms with van der Waals surface area (Å²) < 4.78 is 22.8. The van der Waals surface area contributed by atoms with Gasteiger partial charge in [-0.15, -0.1) is 0 Å². The van der Waals surface area contributed by atoms with E-state index in [0.717, 1.165) is 5.56 Å². The van der Waals surface area contributed by atoms with Crippen LogP contribution in [0, 0.1) is 0 Å². The first-order valence-corrected chi connectivity index (χ1v) is 7.70. The summed E-state index contributed by atoms with van der Waals surface area (Å²) in [5.74, 6) is -1.46. The molecule has 0 saturated heterocycles. The van der Waals surface area contributed by atoms with Gasteiger partial charge in [0.15, 0.2) is 9.84 Å². The Morgan fingerprint density at radius 1 is 1.28 bits per heavy atom. The van der Waals surface area contributed by atoms with E-state index in [2.05, 4.69) is 0 Å². The Morgan fingerprint density at radius 3 is 2.11 bits per heavy atom. The van der Waals surface area contributed by atoms with E-state index < -0.39 is 26.5 Å². The van der Waals surface area contributed by atoms with Crippen molar-refractivity contribution in [2.75, 3.05) is 6.26 Å². The Balaban J connectivity index is 2.32. The summed E-state index contributed by atoms with van der Waals surface area (Å²) in [6.45, 7) is 1.61. The molecule has 1 aliphatic carbocycles. The number of carboxylic acids is 1. The maximum Gasteiger partial charge on any atom is 0.310 e. The molecule has 0 radical (unpaired) electrons. The van der Waals surface area contributed by atoms with Gasteiger partial charge >= 0.3 is 5.97 Å². The number of carbonyl (C=O) groups is 1. The molecule has 1 aliphatic rings. The second-order valence-electron chi connectivity index (χ2n) is 4.95. The summed E-state index contributed by atoms with van der Waals surface area (Å²) in [5.41, 5.74) is 1.46. The number of rotatable bonds is 4. The van der Waals surface area contributed by atoms with Crippen molar-refractivity contribution in [1.29, 1.82) is 0 Å². The third-order valence-electron chi connectivity index (χ3n) is 3.72. The molecule has 1 fully saturated rings. The number of aliphatic carboxylic acids is 1. The molecule has 1 unspecified atom stereocenters. The molecule has 0 spiro atoms. The van der Waals surface area contributed by atoms with Gasteiger partial charge in [-0.25, -0.2) is 8.42 Å². The van der Waals surface area contributed by atoms with Crippen LogP contribution in [0.25, 0.3) is 0 Å². The maximum absolute atomic E-state index is 11.7. The van der Waals surface area contributed by atoms with Crippen LogP contribution < -0.4 is 0 Å². The third kappa shape index (κ3) is 2.03. The fourth-order valence-electron chi connectivity index (χ4n) is 2.21. The average molecular weight is 268 g/mol. The number of hydrogen-bond acceptors (Lipinski definition) is 3. The van der Waals surface area contributed by atoms with Gasteiger partial charge in [0.1, 0.15) is 0 Å². The molecule has 2 rings (SSSR count). The topological polar surface area (TPSA) is 71.4 Å². The van der Waals surface area contributed by atoms with E-state index in [0.29, 0.717) is 18.4 Å². The van der Waals surface area contributed by atoms with Crippen molar-refractivity contribution >= 4 is 15.8 Å². The van der Waals surface area contributed by atoms with Gasteiger partial charge in [0, 0.05) is 6.26 Å². The normalized spacial score (nSPS) is 19.2. The van der Waals surface area contributed by atoms with Crippen molar-refractivity contribution < 1.29 is 18.3 Å². The minimum absolute atomic E-state index is 0.576. The molecule has 4 nitrogen and oxygen atoms in total. The molecule has 18 heavy (non-hydrogen) atoms. The smallest absolute Gasteiger partial charge is 0.310 e. The molecule has 5 heteroatoms. The van der Waals surface area contributed by atoms with Gasteiger partial charge in [-0.3, -0.25) is 4.79 Å². The third-order valence-corrected chi connectivity index (χ3v) is 5.78. The molecule has 0 heterocycles.